The van der Waals surface area contributed by atoms with E-state index in [1.165, 1.54) is 55.7 Å². The van der Waals surface area contributed by atoms with Crippen LogP contribution in [0.25, 0.3) is 6.08 Å². The van der Waals surface area contributed by atoms with Crippen molar-refractivity contribution in [3.8, 4) is 11.5 Å². The molecule has 0 atom stereocenters. The van der Waals surface area contributed by atoms with Gasteiger partial charge in [0.2, 0.25) is 0 Å². The summed E-state index contributed by atoms with van der Waals surface area (Å²) in [4.78, 5) is 14.1. The number of carbonyl (C=O) groups excluding carboxylic acids is 1. The lowest BCUT2D eigenvalue weighted by atomic mass is 10.1. The first kappa shape index (κ1) is 25.7. The van der Waals surface area contributed by atoms with Crippen molar-refractivity contribution in [3.05, 3.63) is 88.8 Å². The molecule has 0 aromatic heterocycles. The van der Waals surface area contributed by atoms with Gasteiger partial charge >= 0.3 is 16.3 Å². The largest absolute Gasteiger partial charge is 0.493 e. The van der Waals surface area contributed by atoms with Crippen molar-refractivity contribution in [1.29, 1.82) is 0 Å². The van der Waals surface area contributed by atoms with Crippen LogP contribution < -0.4 is 13.8 Å². The van der Waals surface area contributed by atoms with Gasteiger partial charge in [-0.05, 0) is 54.1 Å². The second kappa shape index (κ2) is 9.96. The zero-order valence-corrected chi connectivity index (χ0v) is 20.8. The van der Waals surface area contributed by atoms with Gasteiger partial charge < -0.3 is 8.92 Å². The van der Waals surface area contributed by atoms with E-state index in [1.54, 1.807) is 18.2 Å². The lowest BCUT2D eigenvalue weighted by molar-refractivity contribution is -0.137. The fraction of sp³-hybridized carbons (Fsp3) is 0.0833. The van der Waals surface area contributed by atoms with Crippen molar-refractivity contribution >= 4 is 56.1 Å². The molecular formula is C24H16F3NO5S3. The van der Waals surface area contributed by atoms with Crippen LogP contribution in [0, 0.1) is 0 Å². The number of alkyl halides is 3. The maximum absolute atomic E-state index is 13.1. The van der Waals surface area contributed by atoms with E-state index in [9.17, 15) is 26.4 Å². The number of hydrogen-bond donors (Lipinski definition) is 0. The zero-order chi connectivity index (χ0) is 26.1. The zero-order valence-electron chi connectivity index (χ0n) is 18.4. The van der Waals surface area contributed by atoms with E-state index in [-0.39, 0.29) is 31.3 Å². The summed E-state index contributed by atoms with van der Waals surface area (Å²) in [6.45, 7) is 0. The molecule has 0 spiro atoms. The van der Waals surface area contributed by atoms with Crippen molar-refractivity contribution in [1.82, 2.24) is 0 Å². The molecule has 3 aromatic rings. The Morgan fingerprint density at radius 3 is 2.36 bits per heavy atom. The van der Waals surface area contributed by atoms with E-state index in [0.29, 0.717) is 5.56 Å². The van der Waals surface area contributed by atoms with E-state index < -0.39 is 27.8 Å². The molecule has 12 heteroatoms. The number of carbonyl (C=O) groups is 1. The third-order valence-electron chi connectivity index (χ3n) is 4.94. The fourth-order valence-electron chi connectivity index (χ4n) is 3.26. The molecule has 4 rings (SSSR count). The first-order valence-electron chi connectivity index (χ1n) is 10.1. The molecule has 0 unspecified atom stereocenters. The molecule has 0 aliphatic carbocycles. The molecule has 0 saturated carbocycles. The van der Waals surface area contributed by atoms with Gasteiger partial charge in [-0.3, -0.25) is 9.69 Å². The molecule has 1 heterocycles. The van der Waals surface area contributed by atoms with Crippen molar-refractivity contribution < 1.29 is 35.3 Å². The Labute approximate surface area is 214 Å². The molecule has 3 aromatic carbocycles. The number of halogens is 3. The molecule has 186 valence electrons. The second-order valence-corrected chi connectivity index (χ2v) is 10.5. The normalized spacial score (nSPS) is 15.4. The van der Waals surface area contributed by atoms with E-state index in [4.69, 9.17) is 21.1 Å². The molecule has 1 aliphatic rings. The summed E-state index contributed by atoms with van der Waals surface area (Å²) < 4.78 is 75.0. The van der Waals surface area contributed by atoms with Crippen LogP contribution in [0.3, 0.4) is 0 Å². The van der Waals surface area contributed by atoms with Gasteiger partial charge in [0.25, 0.3) is 5.91 Å². The van der Waals surface area contributed by atoms with Crippen LogP contribution in [0.2, 0.25) is 0 Å². The highest BCUT2D eigenvalue weighted by molar-refractivity contribution is 8.27. The summed E-state index contributed by atoms with van der Waals surface area (Å²) in [5, 5.41) is 0. The van der Waals surface area contributed by atoms with Crippen LogP contribution in [0.15, 0.2) is 82.6 Å². The first-order valence-corrected chi connectivity index (χ1v) is 12.8. The maximum atomic E-state index is 13.1. The van der Waals surface area contributed by atoms with E-state index >= 15 is 0 Å². The Balaban J connectivity index is 1.60. The predicted octanol–water partition coefficient (Wildman–Crippen LogP) is 5.89. The molecule has 0 radical (unpaired) electrons. The van der Waals surface area contributed by atoms with E-state index in [1.807, 2.05) is 0 Å². The van der Waals surface area contributed by atoms with Crippen molar-refractivity contribution in [3.63, 3.8) is 0 Å². The predicted molar refractivity (Wildman–Crippen MR) is 134 cm³/mol. The number of thiocarbonyl (C=S) groups is 1. The number of ether oxygens (including phenoxy) is 1. The van der Waals surface area contributed by atoms with Crippen LogP contribution >= 0.6 is 24.0 Å². The molecule has 6 nitrogen and oxygen atoms in total. The van der Waals surface area contributed by atoms with Gasteiger partial charge in [-0.1, -0.05) is 54.3 Å². The van der Waals surface area contributed by atoms with Crippen LogP contribution in [0.1, 0.15) is 11.1 Å². The molecule has 1 amide bonds. The molecule has 0 bridgehead atoms. The minimum absolute atomic E-state index is 0.00294. The van der Waals surface area contributed by atoms with Gasteiger partial charge in [0.1, 0.15) is 4.90 Å². The number of hydrogen-bond acceptors (Lipinski definition) is 7. The maximum Gasteiger partial charge on any atom is 0.416 e. The summed E-state index contributed by atoms with van der Waals surface area (Å²) in [6, 6.07) is 16.3. The standard InChI is InChI=1S/C24H16F3NO5S3/c1-32-20-12-15(10-11-19(20)33-36(30,31)18-8-3-2-4-9-18)13-21-22(29)28(23(34)35-21)17-7-5-6-16(14-17)24(25,26)27/h2-14H,1H3. The average Bonchev–Trinajstić information content (AvgIpc) is 3.12. The third-order valence-corrected chi connectivity index (χ3v) is 7.49. The summed E-state index contributed by atoms with van der Waals surface area (Å²) in [6.07, 6.45) is -3.09. The quantitative estimate of drug-likeness (QED) is 0.215. The van der Waals surface area contributed by atoms with Crippen molar-refractivity contribution in [2.75, 3.05) is 12.0 Å². The van der Waals surface area contributed by atoms with Crippen LogP contribution in [-0.4, -0.2) is 25.8 Å². The second-order valence-electron chi connectivity index (χ2n) is 7.33. The number of amides is 1. The van der Waals surface area contributed by atoms with Crippen molar-refractivity contribution in [2.24, 2.45) is 0 Å². The number of rotatable bonds is 6. The smallest absolute Gasteiger partial charge is 0.416 e. The molecular weight excluding hydrogens is 535 g/mol. The van der Waals surface area contributed by atoms with Gasteiger partial charge in [-0.15, -0.1) is 0 Å². The Kier molecular flexibility index (Phi) is 7.12. The number of thioether (sulfide) groups is 1. The van der Waals surface area contributed by atoms with Crippen LogP contribution in [0.5, 0.6) is 11.5 Å². The lowest BCUT2D eigenvalue weighted by Gasteiger charge is -2.16. The molecule has 1 saturated heterocycles. The summed E-state index contributed by atoms with van der Waals surface area (Å²) in [5.41, 5.74) is -0.437. The highest BCUT2D eigenvalue weighted by Gasteiger charge is 2.36. The monoisotopic (exact) mass is 551 g/mol. The number of methoxy groups -OCH3 is 1. The number of benzene rings is 3. The van der Waals surface area contributed by atoms with Crippen molar-refractivity contribution in [2.45, 2.75) is 11.1 Å². The van der Waals surface area contributed by atoms with Gasteiger partial charge in [0, 0.05) is 0 Å². The highest BCUT2D eigenvalue weighted by Crippen LogP contribution is 2.39. The summed E-state index contributed by atoms with van der Waals surface area (Å²) in [5.74, 6) is -0.554. The minimum Gasteiger partial charge on any atom is -0.493 e. The summed E-state index contributed by atoms with van der Waals surface area (Å²) >= 11 is 6.17. The number of anilines is 1. The lowest BCUT2D eigenvalue weighted by Crippen LogP contribution is -2.27. The minimum atomic E-state index is -4.57. The Morgan fingerprint density at radius 2 is 1.69 bits per heavy atom. The Morgan fingerprint density at radius 1 is 0.972 bits per heavy atom. The average molecular weight is 552 g/mol. The van der Waals surface area contributed by atoms with E-state index in [0.717, 1.165) is 28.8 Å². The van der Waals surface area contributed by atoms with Crippen LogP contribution in [-0.2, 0) is 21.1 Å². The highest BCUT2D eigenvalue weighted by atomic mass is 32.2. The summed E-state index contributed by atoms with van der Waals surface area (Å²) in [7, 11) is -2.78. The first-order chi connectivity index (χ1) is 17.0. The topological polar surface area (TPSA) is 72.9 Å². The van der Waals surface area contributed by atoms with Gasteiger partial charge in [0.05, 0.1) is 23.3 Å². The Hall–Kier alpha value is -3.35. The molecule has 1 aliphatic heterocycles. The molecule has 0 N–H and O–H groups in total. The van der Waals surface area contributed by atoms with Gasteiger partial charge in [-0.25, -0.2) is 0 Å². The SMILES string of the molecule is COc1cc(C=C2SC(=S)N(c3cccc(C(F)(F)F)c3)C2=O)ccc1OS(=O)(=O)c1ccccc1. The molecule has 36 heavy (non-hydrogen) atoms. The Bertz CT molecular complexity index is 1470. The third kappa shape index (κ3) is 5.40. The van der Waals surface area contributed by atoms with E-state index in [2.05, 4.69) is 0 Å². The van der Waals surface area contributed by atoms with Gasteiger partial charge in [0.15, 0.2) is 15.8 Å². The molecule has 1 fully saturated rings. The fourth-order valence-corrected chi connectivity index (χ4v) is 5.52. The van der Waals surface area contributed by atoms with Gasteiger partial charge in [-0.2, -0.15) is 21.6 Å². The number of nitrogens with zero attached hydrogens (tertiary/aromatic N) is 1. The van der Waals surface area contributed by atoms with Crippen LogP contribution in [0.4, 0.5) is 18.9 Å².